The van der Waals surface area contributed by atoms with Crippen LogP contribution >= 0.6 is 0 Å². The maximum atomic E-state index is 13.8. The van der Waals surface area contributed by atoms with E-state index in [1.54, 1.807) is 29.4 Å². The molecule has 0 bridgehead atoms. The summed E-state index contributed by atoms with van der Waals surface area (Å²) >= 11 is 0. The van der Waals surface area contributed by atoms with Gasteiger partial charge in [0.05, 0.1) is 19.4 Å². The average Bonchev–Trinajstić information content (AvgIpc) is 3.57. The van der Waals surface area contributed by atoms with Crippen molar-refractivity contribution >= 4 is 17.8 Å². The number of pyridine rings is 1. The summed E-state index contributed by atoms with van der Waals surface area (Å²) in [4.78, 5) is 43.5. The van der Waals surface area contributed by atoms with Gasteiger partial charge in [-0.15, -0.1) is 0 Å². The number of carboxylic acid groups (broad SMARTS) is 1. The molecule has 1 aromatic carbocycles. The minimum Gasteiger partial charge on any atom is -0.475 e. The fraction of sp³-hybridized carbons (Fsp3) is 0.308. The number of carbonyl (C=O) groups is 3. The van der Waals surface area contributed by atoms with Gasteiger partial charge < -0.3 is 24.1 Å². The van der Waals surface area contributed by atoms with Crippen molar-refractivity contribution in [2.75, 3.05) is 26.2 Å². The Balaban J connectivity index is 0.000000426. The SMILES string of the molecule is O=C(O)C(F)(F)F.O=C(c1ccco1)N1CC(c2cccnc2)C2(C1)OCCN(Cc1ccccc1)C2=O. The van der Waals surface area contributed by atoms with E-state index < -0.39 is 17.7 Å². The first kappa shape index (κ1) is 26.9. The monoisotopic (exact) mass is 531 g/mol. The van der Waals surface area contributed by atoms with Crippen LogP contribution in [0.4, 0.5) is 13.2 Å². The van der Waals surface area contributed by atoms with E-state index in [0.717, 1.165) is 11.1 Å². The first-order valence-corrected chi connectivity index (χ1v) is 11.6. The summed E-state index contributed by atoms with van der Waals surface area (Å²) in [5.41, 5.74) is 0.803. The van der Waals surface area contributed by atoms with Crippen molar-refractivity contribution < 1.29 is 41.8 Å². The third-order valence-electron chi connectivity index (χ3n) is 6.33. The summed E-state index contributed by atoms with van der Waals surface area (Å²) in [6, 6.07) is 17.0. The third kappa shape index (κ3) is 5.70. The number of alkyl halides is 3. The molecule has 38 heavy (non-hydrogen) atoms. The van der Waals surface area contributed by atoms with Gasteiger partial charge in [-0.05, 0) is 29.3 Å². The molecule has 2 aliphatic heterocycles. The quantitative estimate of drug-likeness (QED) is 0.550. The zero-order chi connectivity index (χ0) is 27.3. The van der Waals surface area contributed by atoms with E-state index in [1.807, 2.05) is 47.4 Å². The van der Waals surface area contributed by atoms with E-state index in [4.69, 9.17) is 19.1 Å². The lowest BCUT2D eigenvalue weighted by Gasteiger charge is -2.42. The van der Waals surface area contributed by atoms with Crippen molar-refractivity contribution in [3.05, 3.63) is 90.1 Å². The molecule has 2 fully saturated rings. The Bertz CT molecular complexity index is 1250. The van der Waals surface area contributed by atoms with Gasteiger partial charge in [-0.3, -0.25) is 14.6 Å². The standard InChI is InChI=1S/C24H23N3O4.C2HF3O2/c28-22(21-9-5-12-30-21)27-16-20(19-8-4-10-25-14-19)24(17-27)23(29)26(11-13-31-24)15-18-6-2-1-3-7-18;3-2(4,5)1(6)7/h1-10,12,14,20H,11,13,15-17H2;(H,6,7). The van der Waals surface area contributed by atoms with E-state index in [2.05, 4.69) is 4.98 Å². The predicted octanol–water partition coefficient (Wildman–Crippen LogP) is 3.35. The summed E-state index contributed by atoms with van der Waals surface area (Å²) < 4.78 is 43.3. The number of amides is 2. The number of aliphatic carboxylic acids is 1. The number of carboxylic acids is 1. The molecule has 3 aromatic rings. The average molecular weight is 531 g/mol. The summed E-state index contributed by atoms with van der Waals surface area (Å²) in [5, 5.41) is 7.12. The van der Waals surface area contributed by atoms with E-state index >= 15 is 0 Å². The molecule has 12 heteroatoms. The molecule has 2 amide bonds. The maximum Gasteiger partial charge on any atom is 0.490 e. The van der Waals surface area contributed by atoms with Crippen LogP contribution in [0.15, 0.2) is 77.7 Å². The normalized spacial score (nSPS) is 21.2. The fourth-order valence-electron chi connectivity index (χ4n) is 4.58. The van der Waals surface area contributed by atoms with E-state index in [9.17, 15) is 22.8 Å². The first-order chi connectivity index (χ1) is 18.1. The van der Waals surface area contributed by atoms with Gasteiger partial charge in [0, 0.05) is 37.9 Å². The van der Waals surface area contributed by atoms with Crippen LogP contribution in [0.25, 0.3) is 0 Å². The molecule has 9 nitrogen and oxygen atoms in total. The molecule has 0 saturated carbocycles. The molecular formula is C26H24F3N3O6. The second-order valence-electron chi connectivity index (χ2n) is 8.76. The molecule has 0 aliphatic carbocycles. The van der Waals surface area contributed by atoms with Crippen LogP contribution in [0, 0.1) is 0 Å². The number of aromatic nitrogens is 1. The summed E-state index contributed by atoms with van der Waals surface area (Å²) in [6.45, 7) is 1.97. The molecule has 0 radical (unpaired) electrons. The van der Waals surface area contributed by atoms with Crippen molar-refractivity contribution in [1.29, 1.82) is 0 Å². The number of hydrogen-bond acceptors (Lipinski definition) is 6. The van der Waals surface area contributed by atoms with Crippen LogP contribution in [0.1, 0.15) is 27.6 Å². The highest BCUT2D eigenvalue weighted by Gasteiger charge is 2.58. The lowest BCUT2D eigenvalue weighted by Crippen LogP contribution is -2.60. The number of rotatable bonds is 4. The molecule has 2 saturated heterocycles. The van der Waals surface area contributed by atoms with Crippen molar-refractivity contribution in [3.63, 3.8) is 0 Å². The van der Waals surface area contributed by atoms with E-state index in [1.165, 1.54) is 6.26 Å². The zero-order valence-electron chi connectivity index (χ0n) is 20.0. The number of nitrogens with zero attached hydrogens (tertiary/aromatic N) is 3. The summed E-state index contributed by atoms with van der Waals surface area (Å²) in [6.07, 6.45) is -0.163. The van der Waals surface area contributed by atoms with Crippen LogP contribution in [0.3, 0.4) is 0 Å². The molecule has 2 aromatic heterocycles. The van der Waals surface area contributed by atoms with Gasteiger partial charge in [0.25, 0.3) is 11.8 Å². The van der Waals surface area contributed by atoms with Gasteiger partial charge in [0.2, 0.25) is 0 Å². The molecule has 4 heterocycles. The Morgan fingerprint density at radius 3 is 2.45 bits per heavy atom. The van der Waals surface area contributed by atoms with Crippen LogP contribution < -0.4 is 0 Å². The number of carbonyl (C=O) groups excluding carboxylic acids is 2. The van der Waals surface area contributed by atoms with Crippen LogP contribution in [-0.2, 0) is 20.9 Å². The minimum absolute atomic E-state index is 0.0915. The summed E-state index contributed by atoms with van der Waals surface area (Å²) in [5.74, 6) is -3.15. The summed E-state index contributed by atoms with van der Waals surface area (Å²) in [7, 11) is 0. The molecule has 1 spiro atoms. The molecule has 200 valence electrons. The Morgan fingerprint density at radius 1 is 1.11 bits per heavy atom. The molecular weight excluding hydrogens is 507 g/mol. The number of furan rings is 1. The van der Waals surface area contributed by atoms with Crippen molar-refractivity contribution in [1.82, 2.24) is 14.8 Å². The topological polar surface area (TPSA) is 113 Å². The number of hydrogen-bond donors (Lipinski definition) is 1. The molecule has 2 unspecified atom stereocenters. The van der Waals surface area contributed by atoms with Gasteiger partial charge in [0.1, 0.15) is 0 Å². The van der Waals surface area contributed by atoms with Gasteiger partial charge in [0.15, 0.2) is 11.4 Å². The highest BCUT2D eigenvalue weighted by atomic mass is 19.4. The van der Waals surface area contributed by atoms with Gasteiger partial charge in [-0.2, -0.15) is 13.2 Å². The fourth-order valence-corrected chi connectivity index (χ4v) is 4.58. The second-order valence-corrected chi connectivity index (χ2v) is 8.76. The Labute approximate surface area is 215 Å². The predicted molar refractivity (Wildman–Crippen MR) is 126 cm³/mol. The lowest BCUT2D eigenvalue weighted by atomic mass is 9.83. The Kier molecular flexibility index (Phi) is 7.81. The van der Waals surface area contributed by atoms with Gasteiger partial charge in [-0.1, -0.05) is 36.4 Å². The van der Waals surface area contributed by atoms with Crippen molar-refractivity contribution in [2.45, 2.75) is 24.2 Å². The molecule has 2 aliphatic rings. The Morgan fingerprint density at radius 2 is 1.84 bits per heavy atom. The van der Waals surface area contributed by atoms with Crippen LogP contribution in [-0.4, -0.2) is 75.7 Å². The smallest absolute Gasteiger partial charge is 0.475 e. The lowest BCUT2D eigenvalue weighted by molar-refractivity contribution is -0.192. The van der Waals surface area contributed by atoms with Crippen molar-refractivity contribution in [3.8, 4) is 0 Å². The molecule has 5 rings (SSSR count). The number of likely N-dealkylation sites (tertiary alicyclic amines) is 1. The van der Waals surface area contributed by atoms with E-state index in [0.29, 0.717) is 26.2 Å². The largest absolute Gasteiger partial charge is 0.490 e. The first-order valence-electron chi connectivity index (χ1n) is 11.6. The maximum absolute atomic E-state index is 13.8. The van der Waals surface area contributed by atoms with Gasteiger partial charge in [-0.25, -0.2) is 4.79 Å². The minimum atomic E-state index is -5.08. The zero-order valence-corrected chi connectivity index (χ0v) is 20.0. The Hall–Kier alpha value is -4.19. The second kappa shape index (κ2) is 11.1. The molecule has 1 N–H and O–H groups in total. The van der Waals surface area contributed by atoms with Crippen LogP contribution in [0.5, 0.6) is 0 Å². The number of benzene rings is 1. The van der Waals surface area contributed by atoms with E-state index in [-0.39, 0.29) is 30.0 Å². The highest BCUT2D eigenvalue weighted by Crippen LogP contribution is 2.42. The third-order valence-corrected chi connectivity index (χ3v) is 6.33. The number of ether oxygens (including phenoxy) is 1. The highest BCUT2D eigenvalue weighted by molar-refractivity contribution is 5.94. The van der Waals surface area contributed by atoms with Crippen molar-refractivity contribution in [2.24, 2.45) is 0 Å². The number of morpholine rings is 1. The van der Waals surface area contributed by atoms with Gasteiger partial charge >= 0.3 is 12.1 Å². The molecule has 2 atom stereocenters. The van der Waals surface area contributed by atoms with Crippen LogP contribution in [0.2, 0.25) is 0 Å². The number of halogens is 3.